The molecule has 5 nitrogen and oxygen atoms in total. The number of benzene rings is 2. The zero-order valence-corrected chi connectivity index (χ0v) is 15.1. The number of amides is 1. The highest BCUT2D eigenvalue weighted by molar-refractivity contribution is 7.92. The highest BCUT2D eigenvalue weighted by Gasteiger charge is 2.31. The molecule has 0 spiro atoms. The van der Waals surface area contributed by atoms with Gasteiger partial charge in [-0.15, -0.1) is 0 Å². The standard InChI is InChI=1S/C18H21FN2O3S/c1-13(15-9-5-4-6-10-15)20-18(22)14(2)21(25(3,23)24)17-12-8-7-11-16(17)19/h4-14H,1-3H3,(H,20,22)/t13-,14+/m0/s1. The summed E-state index contributed by atoms with van der Waals surface area (Å²) in [5.74, 6) is -1.21. The van der Waals surface area contributed by atoms with E-state index in [1.54, 1.807) is 6.92 Å². The normalized spacial score (nSPS) is 13.8. The minimum Gasteiger partial charge on any atom is -0.348 e. The maximum atomic E-state index is 14.1. The molecule has 7 heteroatoms. The lowest BCUT2D eigenvalue weighted by molar-refractivity contribution is -0.122. The van der Waals surface area contributed by atoms with Crippen molar-refractivity contribution in [2.45, 2.75) is 25.9 Å². The number of para-hydroxylation sites is 1. The van der Waals surface area contributed by atoms with E-state index in [-0.39, 0.29) is 11.7 Å². The largest absolute Gasteiger partial charge is 0.348 e. The molecule has 2 atom stereocenters. The van der Waals surface area contributed by atoms with Crippen LogP contribution in [0.4, 0.5) is 10.1 Å². The highest BCUT2D eigenvalue weighted by Crippen LogP contribution is 2.24. The first-order valence-corrected chi connectivity index (χ1v) is 9.66. The van der Waals surface area contributed by atoms with Gasteiger partial charge in [0, 0.05) is 0 Å². The van der Waals surface area contributed by atoms with E-state index in [2.05, 4.69) is 5.32 Å². The van der Waals surface area contributed by atoms with Gasteiger partial charge in [0.1, 0.15) is 11.9 Å². The lowest BCUT2D eigenvalue weighted by atomic mass is 10.1. The monoisotopic (exact) mass is 364 g/mol. The maximum absolute atomic E-state index is 14.1. The van der Waals surface area contributed by atoms with Gasteiger partial charge in [-0.3, -0.25) is 9.10 Å². The van der Waals surface area contributed by atoms with Crippen molar-refractivity contribution in [3.63, 3.8) is 0 Å². The van der Waals surface area contributed by atoms with Crippen LogP contribution in [-0.4, -0.2) is 26.6 Å². The van der Waals surface area contributed by atoms with E-state index in [1.807, 2.05) is 30.3 Å². The van der Waals surface area contributed by atoms with Crippen molar-refractivity contribution < 1.29 is 17.6 Å². The summed E-state index contributed by atoms with van der Waals surface area (Å²) in [6, 6.07) is 13.4. The number of nitrogens with zero attached hydrogens (tertiary/aromatic N) is 1. The molecule has 0 radical (unpaired) electrons. The first-order valence-electron chi connectivity index (χ1n) is 7.81. The van der Waals surface area contributed by atoms with Crippen LogP contribution in [0, 0.1) is 5.82 Å². The Labute approximate surface area is 147 Å². The van der Waals surface area contributed by atoms with Gasteiger partial charge in [0.15, 0.2) is 0 Å². The van der Waals surface area contributed by atoms with E-state index in [9.17, 15) is 17.6 Å². The zero-order chi connectivity index (χ0) is 18.6. The summed E-state index contributed by atoms with van der Waals surface area (Å²) in [5.41, 5.74) is 0.736. The van der Waals surface area contributed by atoms with Crippen LogP contribution in [0.15, 0.2) is 54.6 Å². The van der Waals surface area contributed by atoms with Crippen LogP contribution in [0.25, 0.3) is 0 Å². The molecule has 0 aliphatic carbocycles. The van der Waals surface area contributed by atoms with Gasteiger partial charge in [-0.05, 0) is 31.5 Å². The molecule has 0 aliphatic rings. The summed E-state index contributed by atoms with van der Waals surface area (Å²) in [6.45, 7) is 3.23. The van der Waals surface area contributed by atoms with Crippen molar-refractivity contribution in [3.8, 4) is 0 Å². The molecule has 2 aromatic carbocycles. The van der Waals surface area contributed by atoms with Gasteiger partial charge in [0.25, 0.3) is 0 Å². The van der Waals surface area contributed by atoms with Gasteiger partial charge in [0.2, 0.25) is 15.9 Å². The van der Waals surface area contributed by atoms with Crippen LogP contribution >= 0.6 is 0 Å². The van der Waals surface area contributed by atoms with Crippen LogP contribution in [0.3, 0.4) is 0 Å². The number of sulfonamides is 1. The zero-order valence-electron chi connectivity index (χ0n) is 14.3. The Kier molecular flexibility index (Phi) is 5.79. The van der Waals surface area contributed by atoms with Gasteiger partial charge in [-0.2, -0.15) is 0 Å². The van der Waals surface area contributed by atoms with Crippen LogP contribution in [0.5, 0.6) is 0 Å². The number of rotatable bonds is 6. The molecule has 0 aromatic heterocycles. The van der Waals surface area contributed by atoms with Crippen molar-refractivity contribution in [3.05, 3.63) is 66.0 Å². The second kappa shape index (κ2) is 7.65. The van der Waals surface area contributed by atoms with Crippen LogP contribution in [-0.2, 0) is 14.8 Å². The summed E-state index contributed by atoms with van der Waals surface area (Å²) in [4.78, 5) is 12.6. The van der Waals surface area contributed by atoms with E-state index in [0.717, 1.165) is 22.2 Å². The Morgan fingerprint density at radius 2 is 1.60 bits per heavy atom. The average molecular weight is 364 g/mol. The van der Waals surface area contributed by atoms with E-state index >= 15 is 0 Å². The quantitative estimate of drug-likeness (QED) is 0.857. The fraction of sp³-hybridized carbons (Fsp3) is 0.278. The Morgan fingerprint density at radius 3 is 2.16 bits per heavy atom. The fourth-order valence-electron chi connectivity index (χ4n) is 2.57. The molecular formula is C18H21FN2O3S. The molecule has 1 N–H and O–H groups in total. The molecule has 25 heavy (non-hydrogen) atoms. The van der Waals surface area contributed by atoms with Gasteiger partial charge in [-0.1, -0.05) is 42.5 Å². The third-order valence-electron chi connectivity index (χ3n) is 3.84. The molecule has 0 heterocycles. The fourth-order valence-corrected chi connectivity index (χ4v) is 3.75. The molecule has 2 rings (SSSR count). The molecule has 1 amide bonds. The molecule has 0 fully saturated rings. The second-order valence-corrected chi connectivity index (χ2v) is 7.69. The van der Waals surface area contributed by atoms with Crippen molar-refractivity contribution in [1.82, 2.24) is 5.32 Å². The van der Waals surface area contributed by atoms with Crippen molar-refractivity contribution in [2.24, 2.45) is 0 Å². The average Bonchev–Trinajstić information content (AvgIpc) is 2.56. The predicted octanol–water partition coefficient (Wildman–Crippen LogP) is 2.86. The molecule has 0 saturated heterocycles. The molecule has 0 saturated carbocycles. The minimum atomic E-state index is -3.85. The second-order valence-electron chi connectivity index (χ2n) is 5.83. The number of anilines is 1. The summed E-state index contributed by atoms with van der Waals surface area (Å²) in [6.07, 6.45) is 0.948. The molecule has 0 unspecified atom stereocenters. The molecular weight excluding hydrogens is 343 g/mol. The third kappa shape index (κ3) is 4.57. The highest BCUT2D eigenvalue weighted by atomic mass is 32.2. The van der Waals surface area contributed by atoms with Crippen LogP contribution < -0.4 is 9.62 Å². The molecule has 2 aromatic rings. The Balaban J connectivity index is 2.26. The van der Waals surface area contributed by atoms with Crippen molar-refractivity contribution >= 4 is 21.6 Å². The Bertz CT molecular complexity index is 840. The Morgan fingerprint density at radius 1 is 1.04 bits per heavy atom. The summed E-state index contributed by atoms with van der Waals surface area (Å²) in [5, 5.41) is 2.77. The topological polar surface area (TPSA) is 66.5 Å². The molecule has 0 bridgehead atoms. The molecule has 134 valence electrons. The van der Waals surface area contributed by atoms with Gasteiger partial charge in [-0.25, -0.2) is 12.8 Å². The first-order chi connectivity index (χ1) is 11.7. The number of carbonyl (C=O) groups is 1. The maximum Gasteiger partial charge on any atom is 0.244 e. The SMILES string of the molecule is C[C@H](NC(=O)[C@@H](C)N(c1ccccc1F)S(C)(=O)=O)c1ccccc1. The predicted molar refractivity (Wildman–Crippen MR) is 96.2 cm³/mol. The smallest absolute Gasteiger partial charge is 0.244 e. The Hall–Kier alpha value is -2.41. The molecule has 0 aliphatic heterocycles. The van der Waals surface area contributed by atoms with Crippen LogP contribution in [0.1, 0.15) is 25.5 Å². The van der Waals surface area contributed by atoms with Crippen LogP contribution in [0.2, 0.25) is 0 Å². The van der Waals surface area contributed by atoms with Crippen molar-refractivity contribution in [2.75, 3.05) is 10.6 Å². The number of hydrogen-bond donors (Lipinski definition) is 1. The summed E-state index contributed by atoms with van der Waals surface area (Å²) < 4.78 is 39.2. The lowest BCUT2D eigenvalue weighted by Crippen LogP contribution is -2.48. The number of halogens is 1. The summed E-state index contributed by atoms with van der Waals surface area (Å²) in [7, 11) is -3.85. The summed E-state index contributed by atoms with van der Waals surface area (Å²) >= 11 is 0. The lowest BCUT2D eigenvalue weighted by Gasteiger charge is -2.29. The van der Waals surface area contributed by atoms with E-state index in [4.69, 9.17) is 0 Å². The third-order valence-corrected chi connectivity index (χ3v) is 5.06. The van der Waals surface area contributed by atoms with E-state index < -0.39 is 27.8 Å². The number of carbonyl (C=O) groups excluding carboxylic acids is 1. The van der Waals surface area contributed by atoms with E-state index in [0.29, 0.717) is 0 Å². The number of nitrogens with one attached hydrogen (secondary N) is 1. The van der Waals surface area contributed by atoms with Crippen molar-refractivity contribution in [1.29, 1.82) is 0 Å². The first kappa shape index (κ1) is 18.9. The van der Waals surface area contributed by atoms with Gasteiger partial charge < -0.3 is 5.32 Å². The minimum absolute atomic E-state index is 0.153. The van der Waals surface area contributed by atoms with Gasteiger partial charge in [0.05, 0.1) is 18.0 Å². The van der Waals surface area contributed by atoms with Gasteiger partial charge >= 0.3 is 0 Å². The number of hydrogen-bond acceptors (Lipinski definition) is 3. The van der Waals surface area contributed by atoms with E-state index in [1.165, 1.54) is 25.1 Å².